The van der Waals surface area contributed by atoms with Crippen LogP contribution in [-0.4, -0.2) is 5.11 Å². The van der Waals surface area contributed by atoms with Crippen molar-refractivity contribution >= 4 is 33.2 Å². The molecular formula is C14H13BrClNO. The quantitative estimate of drug-likeness (QED) is 0.854. The molecule has 0 saturated carbocycles. The fourth-order valence-corrected chi connectivity index (χ4v) is 2.28. The summed E-state index contributed by atoms with van der Waals surface area (Å²) in [5.74, 6) is 0.258. The summed E-state index contributed by atoms with van der Waals surface area (Å²) >= 11 is 9.49. The molecule has 0 atom stereocenters. The molecule has 2 nitrogen and oxygen atoms in total. The van der Waals surface area contributed by atoms with Crippen LogP contribution in [0.5, 0.6) is 5.75 Å². The van der Waals surface area contributed by atoms with Crippen LogP contribution in [0.2, 0.25) is 5.02 Å². The van der Waals surface area contributed by atoms with Gasteiger partial charge in [-0.1, -0.05) is 35.9 Å². The van der Waals surface area contributed by atoms with Crippen LogP contribution in [0.1, 0.15) is 11.1 Å². The fraction of sp³-hybridized carbons (Fsp3) is 0.143. The van der Waals surface area contributed by atoms with Crippen LogP contribution in [0.15, 0.2) is 40.9 Å². The number of phenolic OH excluding ortho intramolecular Hbond substituents is 1. The second-order valence-electron chi connectivity index (χ2n) is 4.04. The number of benzene rings is 2. The highest BCUT2D eigenvalue weighted by Gasteiger charge is 2.06. The zero-order valence-corrected chi connectivity index (χ0v) is 12.2. The number of nitrogens with one attached hydrogen (secondary N) is 1. The smallest absolute Gasteiger partial charge is 0.134 e. The van der Waals surface area contributed by atoms with Crippen LogP contribution in [-0.2, 0) is 6.54 Å². The van der Waals surface area contributed by atoms with Crippen LogP contribution in [0.4, 0.5) is 5.69 Å². The van der Waals surface area contributed by atoms with Crippen LogP contribution in [0.25, 0.3) is 0 Å². The molecule has 18 heavy (non-hydrogen) atoms. The standard InChI is InChI=1S/C14H13BrClNO/c1-9-4-2-7-12(13(9)16)17-8-10-5-3-6-11(15)14(10)18/h2-7,17-18H,8H2,1H3. The summed E-state index contributed by atoms with van der Waals surface area (Å²) in [5.41, 5.74) is 2.72. The molecular weight excluding hydrogens is 314 g/mol. The molecule has 0 unspecified atom stereocenters. The zero-order chi connectivity index (χ0) is 13.1. The summed E-state index contributed by atoms with van der Waals surface area (Å²) in [5, 5.41) is 13.8. The maximum atomic E-state index is 9.88. The molecule has 2 rings (SSSR count). The van der Waals surface area contributed by atoms with E-state index < -0.39 is 0 Å². The van der Waals surface area contributed by atoms with Gasteiger partial charge >= 0.3 is 0 Å². The first-order valence-corrected chi connectivity index (χ1v) is 6.72. The number of anilines is 1. The lowest BCUT2D eigenvalue weighted by atomic mass is 10.2. The molecule has 0 heterocycles. The Hall–Kier alpha value is -1.19. The van der Waals surface area contributed by atoms with E-state index in [-0.39, 0.29) is 5.75 Å². The largest absolute Gasteiger partial charge is 0.506 e. The molecule has 2 aromatic rings. The molecule has 4 heteroatoms. The Morgan fingerprint density at radius 3 is 2.72 bits per heavy atom. The van der Waals surface area contributed by atoms with Gasteiger partial charge in [-0.3, -0.25) is 0 Å². The van der Waals surface area contributed by atoms with Gasteiger partial charge in [0.05, 0.1) is 15.2 Å². The molecule has 0 aliphatic rings. The van der Waals surface area contributed by atoms with Gasteiger partial charge in [0.25, 0.3) is 0 Å². The van der Waals surface area contributed by atoms with Gasteiger partial charge in [0, 0.05) is 12.1 Å². The fourth-order valence-electron chi connectivity index (χ4n) is 1.68. The third-order valence-electron chi connectivity index (χ3n) is 2.73. The zero-order valence-electron chi connectivity index (χ0n) is 9.87. The van der Waals surface area contributed by atoms with Gasteiger partial charge in [0.1, 0.15) is 5.75 Å². The van der Waals surface area contributed by atoms with E-state index in [0.717, 1.165) is 16.8 Å². The lowest BCUT2D eigenvalue weighted by molar-refractivity contribution is 0.465. The molecule has 94 valence electrons. The van der Waals surface area contributed by atoms with Crippen molar-refractivity contribution in [3.8, 4) is 5.75 Å². The molecule has 0 fully saturated rings. The third-order valence-corrected chi connectivity index (χ3v) is 3.87. The Morgan fingerprint density at radius 2 is 1.94 bits per heavy atom. The predicted octanol–water partition coefficient (Wildman–Crippen LogP) is 4.73. The van der Waals surface area contributed by atoms with Crippen molar-refractivity contribution in [3.63, 3.8) is 0 Å². The van der Waals surface area contributed by atoms with Gasteiger partial charge in [-0.2, -0.15) is 0 Å². The highest BCUT2D eigenvalue weighted by molar-refractivity contribution is 9.10. The first-order chi connectivity index (χ1) is 8.59. The van der Waals surface area contributed by atoms with Crippen molar-refractivity contribution in [2.75, 3.05) is 5.32 Å². The number of phenols is 1. The molecule has 0 bridgehead atoms. The molecule has 0 saturated heterocycles. The van der Waals surface area contributed by atoms with Crippen molar-refractivity contribution in [3.05, 3.63) is 57.0 Å². The van der Waals surface area contributed by atoms with Gasteiger partial charge < -0.3 is 10.4 Å². The second kappa shape index (κ2) is 5.63. The summed E-state index contributed by atoms with van der Waals surface area (Å²) in [7, 11) is 0. The Labute approximate surface area is 120 Å². The number of aryl methyl sites for hydroxylation is 1. The van der Waals surface area contributed by atoms with E-state index >= 15 is 0 Å². The minimum absolute atomic E-state index is 0.258. The third kappa shape index (κ3) is 2.79. The van der Waals surface area contributed by atoms with Crippen molar-refractivity contribution < 1.29 is 5.11 Å². The molecule has 2 N–H and O–H groups in total. The lowest BCUT2D eigenvalue weighted by Crippen LogP contribution is -2.00. The van der Waals surface area contributed by atoms with Crippen LogP contribution >= 0.6 is 27.5 Å². The van der Waals surface area contributed by atoms with E-state index in [1.165, 1.54) is 0 Å². The van der Waals surface area contributed by atoms with Crippen LogP contribution < -0.4 is 5.32 Å². The van der Waals surface area contributed by atoms with Crippen LogP contribution in [0.3, 0.4) is 0 Å². The predicted molar refractivity (Wildman–Crippen MR) is 79.3 cm³/mol. The average molecular weight is 327 g/mol. The molecule has 0 aliphatic heterocycles. The lowest BCUT2D eigenvalue weighted by Gasteiger charge is -2.11. The molecule has 0 spiro atoms. The van der Waals surface area contributed by atoms with Crippen LogP contribution in [0, 0.1) is 6.92 Å². The number of rotatable bonds is 3. The van der Waals surface area contributed by atoms with Gasteiger partial charge in [0.2, 0.25) is 0 Å². The summed E-state index contributed by atoms with van der Waals surface area (Å²) in [6.07, 6.45) is 0. The maximum Gasteiger partial charge on any atom is 0.134 e. The monoisotopic (exact) mass is 325 g/mol. The molecule has 0 aromatic heterocycles. The Bertz CT molecular complexity index is 520. The van der Waals surface area contributed by atoms with E-state index in [1.807, 2.05) is 37.3 Å². The highest BCUT2D eigenvalue weighted by atomic mass is 79.9. The van der Waals surface area contributed by atoms with Gasteiger partial charge in [0.15, 0.2) is 0 Å². The number of hydrogen-bond donors (Lipinski definition) is 2. The van der Waals surface area contributed by atoms with Gasteiger partial charge in [-0.15, -0.1) is 0 Å². The topological polar surface area (TPSA) is 32.3 Å². The van der Waals surface area contributed by atoms with Crippen molar-refractivity contribution in [2.45, 2.75) is 13.5 Å². The summed E-state index contributed by atoms with van der Waals surface area (Å²) in [6, 6.07) is 11.4. The van der Waals surface area contributed by atoms with Gasteiger partial charge in [-0.25, -0.2) is 0 Å². The number of aromatic hydroxyl groups is 1. The van der Waals surface area contributed by atoms with Gasteiger partial charge in [-0.05, 0) is 40.5 Å². The summed E-state index contributed by atoms with van der Waals surface area (Å²) in [6.45, 7) is 2.48. The van der Waals surface area contributed by atoms with E-state index in [1.54, 1.807) is 6.07 Å². The van der Waals surface area contributed by atoms with Crippen molar-refractivity contribution in [2.24, 2.45) is 0 Å². The van der Waals surface area contributed by atoms with E-state index in [9.17, 15) is 5.11 Å². The normalized spacial score (nSPS) is 10.4. The molecule has 2 aromatic carbocycles. The highest BCUT2D eigenvalue weighted by Crippen LogP contribution is 2.30. The Kier molecular flexibility index (Phi) is 4.15. The molecule has 0 aliphatic carbocycles. The second-order valence-corrected chi connectivity index (χ2v) is 5.27. The number of hydrogen-bond acceptors (Lipinski definition) is 2. The average Bonchev–Trinajstić information content (AvgIpc) is 2.36. The Morgan fingerprint density at radius 1 is 1.22 bits per heavy atom. The number of halogens is 2. The van der Waals surface area contributed by atoms with E-state index in [4.69, 9.17) is 11.6 Å². The summed E-state index contributed by atoms with van der Waals surface area (Å²) in [4.78, 5) is 0. The molecule has 0 radical (unpaired) electrons. The minimum atomic E-state index is 0.258. The van der Waals surface area contributed by atoms with E-state index in [2.05, 4.69) is 21.2 Å². The summed E-state index contributed by atoms with van der Waals surface area (Å²) < 4.78 is 0.692. The first kappa shape index (κ1) is 13.2. The molecule has 0 amide bonds. The number of para-hydroxylation sites is 1. The maximum absolute atomic E-state index is 9.88. The van der Waals surface area contributed by atoms with Crippen molar-refractivity contribution in [1.29, 1.82) is 0 Å². The minimum Gasteiger partial charge on any atom is -0.506 e. The van der Waals surface area contributed by atoms with Crippen molar-refractivity contribution in [1.82, 2.24) is 0 Å². The Balaban J connectivity index is 2.17. The van der Waals surface area contributed by atoms with E-state index in [0.29, 0.717) is 16.0 Å². The SMILES string of the molecule is Cc1cccc(NCc2cccc(Br)c2O)c1Cl. The first-order valence-electron chi connectivity index (χ1n) is 5.55.